The molecule has 2 aromatic rings. The molecule has 2 bridgehead atoms. The second-order valence-electron chi connectivity index (χ2n) is 13.3. The molecule has 1 spiro atoms. The maximum Gasteiger partial charge on any atom is 0.264 e. The van der Waals surface area contributed by atoms with E-state index in [0.717, 1.165) is 42.8 Å². The van der Waals surface area contributed by atoms with Crippen LogP contribution in [0.5, 0.6) is 5.75 Å². The van der Waals surface area contributed by atoms with Crippen LogP contribution >= 0.6 is 11.6 Å². The molecule has 0 unspecified atom stereocenters. The zero-order valence-electron chi connectivity index (χ0n) is 25.5. The summed E-state index contributed by atoms with van der Waals surface area (Å²) in [5.41, 5.74) is 3.27. The Labute approximate surface area is 265 Å². The van der Waals surface area contributed by atoms with Crippen molar-refractivity contribution in [3.63, 3.8) is 0 Å². The van der Waals surface area contributed by atoms with Crippen LogP contribution in [0.15, 0.2) is 48.6 Å². The Bertz CT molecular complexity index is 1530. The number of halogens is 1. The summed E-state index contributed by atoms with van der Waals surface area (Å²) in [7, 11) is -2.48. The van der Waals surface area contributed by atoms with Gasteiger partial charge in [-0.25, -0.2) is 13.1 Å². The average molecular weight is 643 g/mol. The van der Waals surface area contributed by atoms with Crippen LogP contribution in [0.1, 0.15) is 66.9 Å². The fourth-order valence-electron chi connectivity index (χ4n) is 7.67. The van der Waals surface area contributed by atoms with E-state index in [9.17, 15) is 18.3 Å². The number of allylic oxidation sites excluding steroid dienone is 1. The van der Waals surface area contributed by atoms with E-state index in [2.05, 4.69) is 21.8 Å². The molecular weight excluding hydrogens is 600 g/mol. The van der Waals surface area contributed by atoms with Gasteiger partial charge >= 0.3 is 0 Å². The normalized spacial score (nSPS) is 32.3. The zero-order valence-corrected chi connectivity index (χ0v) is 27.1. The lowest BCUT2D eigenvalue weighted by Crippen LogP contribution is -2.49. The molecule has 2 N–H and O–H groups in total. The van der Waals surface area contributed by atoms with E-state index in [1.807, 2.05) is 25.1 Å². The van der Waals surface area contributed by atoms with Crippen LogP contribution in [0.2, 0.25) is 5.02 Å². The summed E-state index contributed by atoms with van der Waals surface area (Å²) in [6.07, 6.45) is 8.59. The topological polar surface area (TPSA) is 105 Å². The maximum absolute atomic E-state index is 13.5. The van der Waals surface area contributed by atoms with Crippen molar-refractivity contribution in [1.82, 2.24) is 4.72 Å². The predicted molar refractivity (Wildman–Crippen MR) is 172 cm³/mol. The van der Waals surface area contributed by atoms with Gasteiger partial charge in [-0.3, -0.25) is 4.79 Å². The number of amides is 1. The van der Waals surface area contributed by atoms with Crippen molar-refractivity contribution in [1.29, 1.82) is 0 Å². The zero-order chi connectivity index (χ0) is 31.1. The number of sulfonamides is 1. The SMILES string of the molecule is COCC[C@@H]1C[C@@H](C)/C=C/[C@H](O)[C@@H]2CC[C@H]2CN2C[C@@]3(CCCc4cc(Cl)ccc43)COc3ccc(cc32)C(=O)NS1(=O)=O. The van der Waals surface area contributed by atoms with E-state index in [-0.39, 0.29) is 41.8 Å². The molecule has 2 aliphatic heterocycles. The van der Waals surface area contributed by atoms with Gasteiger partial charge in [0.1, 0.15) is 5.75 Å². The number of carbonyl (C=O) groups is 1. The number of carbonyl (C=O) groups excluding carboxylic acids is 1. The fourth-order valence-corrected chi connectivity index (χ4v) is 9.37. The Morgan fingerprint density at radius 3 is 2.80 bits per heavy atom. The molecule has 10 heteroatoms. The number of fused-ring (bicyclic) bond motifs is 4. The first-order valence-electron chi connectivity index (χ1n) is 15.8. The van der Waals surface area contributed by atoms with Gasteiger partial charge in [0.15, 0.2) is 0 Å². The van der Waals surface area contributed by atoms with Gasteiger partial charge in [0.25, 0.3) is 5.91 Å². The number of ether oxygens (including phenoxy) is 2. The number of rotatable bonds is 3. The summed E-state index contributed by atoms with van der Waals surface area (Å²) in [6, 6.07) is 11.4. The van der Waals surface area contributed by atoms with Gasteiger partial charge in [0, 0.05) is 42.8 Å². The number of benzene rings is 2. The summed E-state index contributed by atoms with van der Waals surface area (Å²) in [6.45, 7) is 4.07. The monoisotopic (exact) mass is 642 g/mol. The third-order valence-corrected chi connectivity index (χ3v) is 12.3. The molecule has 0 aromatic heterocycles. The lowest BCUT2D eigenvalue weighted by molar-refractivity contribution is 0.0454. The molecule has 2 aromatic carbocycles. The smallest absolute Gasteiger partial charge is 0.264 e. The van der Waals surface area contributed by atoms with Crippen LogP contribution in [0.25, 0.3) is 0 Å². The van der Waals surface area contributed by atoms with E-state index in [1.165, 1.54) is 18.2 Å². The first-order chi connectivity index (χ1) is 21.1. The fraction of sp³-hybridized carbons (Fsp3) is 0.559. The van der Waals surface area contributed by atoms with E-state index < -0.39 is 27.3 Å². The van der Waals surface area contributed by atoms with Crippen molar-refractivity contribution < 1.29 is 27.8 Å². The van der Waals surface area contributed by atoms with Crippen LogP contribution in [-0.4, -0.2) is 64.2 Å². The molecular formula is C34H43ClN2O6S. The van der Waals surface area contributed by atoms with E-state index in [0.29, 0.717) is 31.9 Å². The Kier molecular flexibility index (Phi) is 9.03. The largest absolute Gasteiger partial charge is 0.490 e. The highest BCUT2D eigenvalue weighted by Gasteiger charge is 2.44. The van der Waals surface area contributed by atoms with Gasteiger partial charge in [0.05, 0.1) is 23.6 Å². The Morgan fingerprint density at radius 1 is 1.18 bits per heavy atom. The first kappa shape index (κ1) is 31.4. The van der Waals surface area contributed by atoms with Crippen molar-refractivity contribution in [2.75, 3.05) is 38.3 Å². The number of aryl methyl sites for hydroxylation is 1. The van der Waals surface area contributed by atoms with Crippen molar-refractivity contribution in [2.45, 2.75) is 68.6 Å². The molecule has 4 aliphatic rings. The number of aliphatic hydroxyl groups excluding tert-OH is 1. The Morgan fingerprint density at radius 2 is 2.02 bits per heavy atom. The highest BCUT2D eigenvalue weighted by atomic mass is 35.5. The highest BCUT2D eigenvalue weighted by molar-refractivity contribution is 7.90. The van der Waals surface area contributed by atoms with Gasteiger partial charge in [-0.15, -0.1) is 0 Å². The molecule has 238 valence electrons. The van der Waals surface area contributed by atoms with Crippen molar-refractivity contribution in [3.8, 4) is 5.75 Å². The third-order valence-electron chi connectivity index (χ3n) is 10.3. The van der Waals surface area contributed by atoms with E-state index >= 15 is 0 Å². The Balaban J connectivity index is 1.41. The molecule has 1 amide bonds. The molecule has 1 fully saturated rings. The number of aliphatic hydroxyl groups is 1. The quantitative estimate of drug-likeness (QED) is 0.440. The lowest BCUT2D eigenvalue weighted by Gasteiger charge is -2.45. The number of anilines is 1. The Hall–Kier alpha value is -2.59. The summed E-state index contributed by atoms with van der Waals surface area (Å²) in [5.74, 6) is 0.275. The molecule has 0 saturated heterocycles. The summed E-state index contributed by atoms with van der Waals surface area (Å²) < 4.78 is 41.1. The van der Waals surface area contributed by atoms with Gasteiger partial charge < -0.3 is 19.5 Å². The summed E-state index contributed by atoms with van der Waals surface area (Å²) in [4.78, 5) is 15.8. The van der Waals surface area contributed by atoms with Crippen LogP contribution in [0.4, 0.5) is 5.69 Å². The van der Waals surface area contributed by atoms with Crippen LogP contribution in [0, 0.1) is 17.8 Å². The minimum Gasteiger partial charge on any atom is -0.490 e. The van der Waals surface area contributed by atoms with Crippen LogP contribution in [-0.2, 0) is 26.6 Å². The van der Waals surface area contributed by atoms with Gasteiger partial charge in [0.2, 0.25) is 10.0 Å². The second kappa shape index (κ2) is 12.7. The average Bonchev–Trinajstić information content (AvgIpc) is 3.12. The molecule has 6 rings (SSSR count). The number of methoxy groups -OCH3 is 1. The van der Waals surface area contributed by atoms with E-state index in [1.54, 1.807) is 18.2 Å². The number of hydrogen-bond donors (Lipinski definition) is 2. The standard InChI is InChI=1S/C34H43ClN2O6S/c1-22-5-11-31(38)28-9-6-25(28)19-37-20-34(14-3-4-23-17-26(35)8-10-29(23)34)21-43-32-12-7-24(18-30(32)37)33(39)36-44(40,41)27(16-22)13-15-42-2/h5,7-8,10-12,17-18,22,25,27-28,31,38H,3-4,6,9,13-16,19-21H2,1-2H3,(H,36,39)/b11-5+/t22-,25-,27+,28+,31-,34-/m0/s1. The maximum atomic E-state index is 13.5. The van der Waals surface area contributed by atoms with Gasteiger partial charge in [-0.2, -0.15) is 0 Å². The van der Waals surface area contributed by atoms with Gasteiger partial charge in [-0.1, -0.05) is 36.7 Å². The van der Waals surface area contributed by atoms with Crippen molar-refractivity contribution in [3.05, 3.63) is 70.3 Å². The summed E-state index contributed by atoms with van der Waals surface area (Å²) in [5, 5.41) is 11.2. The number of nitrogens with zero attached hydrogens (tertiary/aromatic N) is 1. The minimum absolute atomic E-state index is 0.104. The van der Waals surface area contributed by atoms with E-state index in [4.69, 9.17) is 21.1 Å². The predicted octanol–water partition coefficient (Wildman–Crippen LogP) is 5.26. The second-order valence-corrected chi connectivity index (χ2v) is 15.7. The minimum atomic E-state index is -4.01. The molecule has 0 radical (unpaired) electrons. The van der Waals surface area contributed by atoms with Crippen molar-refractivity contribution >= 4 is 33.2 Å². The molecule has 2 aliphatic carbocycles. The molecule has 8 nitrogen and oxygen atoms in total. The number of hydrogen-bond acceptors (Lipinski definition) is 7. The van der Waals surface area contributed by atoms with Crippen LogP contribution < -0.4 is 14.4 Å². The first-order valence-corrected chi connectivity index (χ1v) is 17.7. The number of nitrogens with one attached hydrogen (secondary N) is 1. The summed E-state index contributed by atoms with van der Waals surface area (Å²) >= 11 is 6.40. The highest BCUT2D eigenvalue weighted by Crippen LogP contribution is 2.46. The van der Waals surface area contributed by atoms with Crippen molar-refractivity contribution in [2.24, 2.45) is 17.8 Å². The molecule has 44 heavy (non-hydrogen) atoms. The molecule has 6 atom stereocenters. The van der Waals surface area contributed by atoms with Crippen LogP contribution in [0.3, 0.4) is 0 Å². The molecule has 1 saturated carbocycles. The third kappa shape index (κ3) is 6.26. The molecule has 2 heterocycles. The van der Waals surface area contributed by atoms with Gasteiger partial charge in [-0.05, 0) is 104 Å². The lowest BCUT2D eigenvalue weighted by atomic mass is 9.68.